The first-order valence-electron chi connectivity index (χ1n) is 9.79. The van der Waals surface area contributed by atoms with E-state index in [1.807, 2.05) is 42.5 Å². The average Bonchev–Trinajstić information content (AvgIpc) is 2.67. The third-order valence-corrected chi connectivity index (χ3v) is 5.48. The van der Waals surface area contributed by atoms with Crippen LogP contribution in [0.25, 0.3) is 11.1 Å². The highest BCUT2D eigenvalue weighted by molar-refractivity contribution is 5.94. The lowest BCUT2D eigenvalue weighted by Gasteiger charge is -2.34. The summed E-state index contributed by atoms with van der Waals surface area (Å²) >= 11 is 0. The number of halogens is 1. The van der Waals surface area contributed by atoms with Crippen molar-refractivity contribution in [3.05, 3.63) is 54.1 Å². The number of nitrogens with one attached hydrogen (secondary N) is 1. The highest BCUT2D eigenvalue weighted by Crippen LogP contribution is 2.34. The maximum Gasteiger partial charge on any atom is 0.248 e. The van der Waals surface area contributed by atoms with Crippen LogP contribution in [0.4, 0.5) is 0 Å². The number of carbonyl (C=O) groups is 1. The van der Waals surface area contributed by atoms with Crippen LogP contribution in [-0.4, -0.2) is 25.1 Å². The van der Waals surface area contributed by atoms with Crippen LogP contribution in [0.3, 0.4) is 0 Å². The molecule has 3 N–H and O–H groups in total. The molecular formula is C23H31ClN2O2. The summed E-state index contributed by atoms with van der Waals surface area (Å²) in [5.41, 5.74) is 8.39. The van der Waals surface area contributed by atoms with Crippen molar-refractivity contribution < 1.29 is 9.53 Å². The van der Waals surface area contributed by atoms with Crippen molar-refractivity contribution in [3.63, 3.8) is 0 Å². The molecule has 1 aliphatic carbocycles. The molecule has 152 valence electrons. The van der Waals surface area contributed by atoms with Crippen LogP contribution in [0.5, 0.6) is 5.75 Å². The van der Waals surface area contributed by atoms with Gasteiger partial charge in [0.2, 0.25) is 5.91 Å². The molecule has 0 unspecified atom stereocenters. The van der Waals surface area contributed by atoms with E-state index >= 15 is 0 Å². The van der Waals surface area contributed by atoms with Gasteiger partial charge in [0, 0.05) is 18.2 Å². The van der Waals surface area contributed by atoms with E-state index < -0.39 is 5.91 Å². The van der Waals surface area contributed by atoms with Crippen molar-refractivity contribution in [1.82, 2.24) is 5.32 Å². The second-order valence-corrected chi connectivity index (χ2v) is 8.21. The second-order valence-electron chi connectivity index (χ2n) is 8.21. The lowest BCUT2D eigenvalue weighted by atomic mass is 9.75. The van der Waals surface area contributed by atoms with Crippen LogP contribution in [-0.2, 0) is 0 Å². The quantitative estimate of drug-likeness (QED) is 0.653. The van der Waals surface area contributed by atoms with Gasteiger partial charge in [0.25, 0.3) is 0 Å². The first kappa shape index (κ1) is 22.3. The van der Waals surface area contributed by atoms with E-state index in [1.165, 1.54) is 25.7 Å². The normalized spacial score (nSPS) is 16.2. The van der Waals surface area contributed by atoms with Gasteiger partial charge in [0.1, 0.15) is 12.4 Å². The minimum Gasteiger partial charge on any atom is -0.492 e. The summed E-state index contributed by atoms with van der Waals surface area (Å²) < 4.78 is 5.85. The van der Waals surface area contributed by atoms with E-state index in [0.29, 0.717) is 23.6 Å². The first-order valence-corrected chi connectivity index (χ1v) is 9.79. The van der Waals surface area contributed by atoms with Gasteiger partial charge in [-0.1, -0.05) is 38.1 Å². The van der Waals surface area contributed by atoms with Gasteiger partial charge in [-0.2, -0.15) is 0 Å². The lowest BCUT2D eigenvalue weighted by Crippen LogP contribution is -2.37. The summed E-state index contributed by atoms with van der Waals surface area (Å²) in [6.45, 7) is 6.25. The van der Waals surface area contributed by atoms with Gasteiger partial charge in [-0.3, -0.25) is 4.79 Å². The molecule has 5 heteroatoms. The molecular weight excluding hydrogens is 372 g/mol. The van der Waals surface area contributed by atoms with Crippen LogP contribution in [0.15, 0.2) is 48.5 Å². The van der Waals surface area contributed by atoms with Crippen molar-refractivity contribution >= 4 is 18.3 Å². The number of nitrogens with two attached hydrogens (primary N) is 1. The smallest absolute Gasteiger partial charge is 0.248 e. The third-order valence-electron chi connectivity index (χ3n) is 5.48. The molecule has 0 heterocycles. The van der Waals surface area contributed by atoms with E-state index in [4.69, 9.17) is 10.5 Å². The number of hydrogen-bond acceptors (Lipinski definition) is 3. The van der Waals surface area contributed by atoms with Gasteiger partial charge >= 0.3 is 0 Å². The van der Waals surface area contributed by atoms with Crippen molar-refractivity contribution in [2.75, 3.05) is 13.2 Å². The number of rotatable bonds is 7. The number of ether oxygens (including phenoxy) is 1. The summed E-state index contributed by atoms with van der Waals surface area (Å²) in [6, 6.07) is 15.9. The molecule has 28 heavy (non-hydrogen) atoms. The molecule has 0 radical (unpaired) electrons. The number of hydrogen-bond donors (Lipinski definition) is 2. The number of carbonyl (C=O) groups excluding carboxylic acids is 1. The Morgan fingerprint density at radius 1 is 1.11 bits per heavy atom. The molecule has 1 fully saturated rings. The van der Waals surface area contributed by atoms with Gasteiger partial charge in [-0.15, -0.1) is 12.4 Å². The van der Waals surface area contributed by atoms with Crippen molar-refractivity contribution in [2.24, 2.45) is 11.1 Å². The molecule has 0 aliphatic heterocycles. The predicted molar refractivity (Wildman–Crippen MR) is 117 cm³/mol. The highest BCUT2D eigenvalue weighted by atomic mass is 35.5. The van der Waals surface area contributed by atoms with E-state index in [9.17, 15) is 4.79 Å². The number of benzene rings is 2. The minimum absolute atomic E-state index is 0. The minimum atomic E-state index is -0.411. The summed E-state index contributed by atoms with van der Waals surface area (Å²) in [4.78, 5) is 11.3. The van der Waals surface area contributed by atoms with Gasteiger partial charge in [0.05, 0.1) is 0 Å². The largest absolute Gasteiger partial charge is 0.492 e. The molecule has 2 aromatic carbocycles. The zero-order valence-corrected chi connectivity index (χ0v) is 17.6. The number of amides is 1. The average molecular weight is 403 g/mol. The van der Waals surface area contributed by atoms with Crippen LogP contribution in [0.2, 0.25) is 0 Å². The first-order chi connectivity index (χ1) is 12.9. The van der Waals surface area contributed by atoms with Crippen LogP contribution >= 0.6 is 12.4 Å². The SMILES string of the molecule is CC1(C)CCC(NCCOc2ccc(-c3cccc(C(N)=O)c3)cc2)CC1.Cl. The predicted octanol–water partition coefficient (Wildman–Crippen LogP) is 4.81. The van der Waals surface area contributed by atoms with E-state index in [1.54, 1.807) is 6.07 Å². The van der Waals surface area contributed by atoms with E-state index in [2.05, 4.69) is 19.2 Å². The molecule has 1 aliphatic rings. The summed E-state index contributed by atoms with van der Waals surface area (Å²) in [7, 11) is 0. The summed E-state index contributed by atoms with van der Waals surface area (Å²) in [5.74, 6) is 0.446. The highest BCUT2D eigenvalue weighted by Gasteiger charge is 2.26. The molecule has 0 bridgehead atoms. The van der Waals surface area contributed by atoms with Gasteiger partial charge in [-0.05, 0) is 66.5 Å². The fourth-order valence-electron chi connectivity index (χ4n) is 3.63. The maximum absolute atomic E-state index is 11.3. The Morgan fingerprint density at radius 2 is 1.79 bits per heavy atom. The van der Waals surface area contributed by atoms with Crippen molar-refractivity contribution in [1.29, 1.82) is 0 Å². The van der Waals surface area contributed by atoms with Crippen LogP contribution in [0.1, 0.15) is 49.9 Å². The second kappa shape index (κ2) is 9.94. The Bertz CT molecular complexity index is 764. The fourth-order valence-corrected chi connectivity index (χ4v) is 3.63. The van der Waals surface area contributed by atoms with Crippen molar-refractivity contribution in [3.8, 4) is 16.9 Å². The molecule has 2 aromatic rings. The van der Waals surface area contributed by atoms with E-state index in [0.717, 1.165) is 23.4 Å². The number of primary amides is 1. The molecule has 0 spiro atoms. The monoisotopic (exact) mass is 402 g/mol. The molecule has 0 aromatic heterocycles. The molecule has 4 nitrogen and oxygen atoms in total. The Morgan fingerprint density at radius 3 is 2.43 bits per heavy atom. The van der Waals surface area contributed by atoms with Crippen LogP contribution in [0, 0.1) is 5.41 Å². The van der Waals surface area contributed by atoms with Crippen LogP contribution < -0.4 is 15.8 Å². The standard InChI is InChI=1S/C23H30N2O2.ClH/c1-23(2)12-10-20(11-13-23)25-14-15-27-21-8-6-17(7-9-21)18-4-3-5-19(16-18)22(24)26;/h3-9,16,20,25H,10-15H2,1-2H3,(H2,24,26);1H. The molecule has 1 saturated carbocycles. The Balaban J connectivity index is 0.00000280. The van der Waals surface area contributed by atoms with Gasteiger partial charge in [0.15, 0.2) is 0 Å². The van der Waals surface area contributed by atoms with Gasteiger partial charge in [-0.25, -0.2) is 0 Å². The molecule has 1 amide bonds. The maximum atomic E-state index is 11.3. The molecule has 0 atom stereocenters. The Hall–Kier alpha value is -2.04. The Kier molecular flexibility index (Phi) is 7.90. The van der Waals surface area contributed by atoms with Gasteiger partial charge < -0.3 is 15.8 Å². The fraction of sp³-hybridized carbons (Fsp3) is 0.435. The zero-order chi connectivity index (χ0) is 19.3. The summed E-state index contributed by atoms with van der Waals surface area (Å²) in [6.07, 6.45) is 5.10. The summed E-state index contributed by atoms with van der Waals surface area (Å²) in [5, 5.41) is 3.61. The zero-order valence-electron chi connectivity index (χ0n) is 16.7. The Labute approximate surface area is 174 Å². The van der Waals surface area contributed by atoms with E-state index in [-0.39, 0.29) is 12.4 Å². The van der Waals surface area contributed by atoms with Crippen molar-refractivity contribution in [2.45, 2.75) is 45.6 Å². The third kappa shape index (κ3) is 6.25. The lowest BCUT2D eigenvalue weighted by molar-refractivity contribution is 0.100. The molecule has 3 rings (SSSR count). The molecule has 0 saturated heterocycles. The topological polar surface area (TPSA) is 64.3 Å².